The van der Waals surface area contributed by atoms with Crippen molar-refractivity contribution >= 4 is 0 Å². The molecule has 0 N–H and O–H groups in total. The van der Waals surface area contributed by atoms with Gasteiger partial charge in [0.25, 0.3) is 0 Å². The van der Waals surface area contributed by atoms with Crippen molar-refractivity contribution in [2.75, 3.05) is 0 Å². The summed E-state index contributed by atoms with van der Waals surface area (Å²) >= 11 is 0. The Morgan fingerprint density at radius 2 is 1.44 bits per heavy atom. The second kappa shape index (κ2) is 5.03. The molecule has 0 spiro atoms. The number of aryl methyl sites for hydroxylation is 1. The van der Waals surface area contributed by atoms with E-state index in [0.29, 0.717) is 0 Å². The van der Waals surface area contributed by atoms with Crippen LogP contribution < -0.4 is 0 Å². The van der Waals surface area contributed by atoms with E-state index in [-0.39, 0.29) is 0 Å². The van der Waals surface area contributed by atoms with Gasteiger partial charge < -0.3 is 0 Å². The fourth-order valence-corrected chi connectivity index (χ4v) is 3.68. The van der Waals surface area contributed by atoms with Gasteiger partial charge in [0.15, 0.2) is 0 Å². The second-order valence-corrected chi connectivity index (χ2v) is 6.45. The summed E-state index contributed by atoms with van der Waals surface area (Å²) in [6.45, 7) is 4.63. The van der Waals surface area contributed by atoms with Crippen molar-refractivity contribution in [3.63, 3.8) is 0 Å². The smallest absolute Gasteiger partial charge is 0.0444 e. The molecule has 0 saturated heterocycles. The summed E-state index contributed by atoms with van der Waals surface area (Å²) in [5.74, 6) is 0.727. The van der Waals surface area contributed by atoms with E-state index in [2.05, 4.69) is 13.8 Å². The molecule has 0 atom stereocenters. The molecule has 0 aliphatic heterocycles. The van der Waals surface area contributed by atoms with E-state index in [1.54, 1.807) is 16.7 Å². The highest BCUT2D eigenvalue weighted by Gasteiger charge is 2.23. The third kappa shape index (κ3) is 2.20. The molecule has 0 bridgehead atoms. The van der Waals surface area contributed by atoms with E-state index in [0.717, 1.165) is 5.92 Å². The summed E-state index contributed by atoms with van der Waals surface area (Å²) in [7, 11) is 0. The van der Waals surface area contributed by atoms with Gasteiger partial charge in [-0.05, 0) is 80.4 Å². The molecule has 0 aromatic carbocycles. The van der Waals surface area contributed by atoms with Gasteiger partial charge in [0.2, 0.25) is 0 Å². The summed E-state index contributed by atoms with van der Waals surface area (Å²) in [6.07, 6.45) is 11.8. The second-order valence-electron chi connectivity index (χ2n) is 6.45. The molecule has 98 valence electrons. The predicted octanol–water partition coefficient (Wildman–Crippen LogP) is 4.04. The molecule has 1 heteroatoms. The summed E-state index contributed by atoms with van der Waals surface area (Å²) in [6, 6.07) is 0. The zero-order valence-electron chi connectivity index (χ0n) is 11.9. The Morgan fingerprint density at radius 3 is 2.17 bits per heavy atom. The van der Waals surface area contributed by atoms with Crippen LogP contribution in [0.25, 0.3) is 0 Å². The lowest BCUT2D eigenvalue weighted by molar-refractivity contribution is 0.585. The van der Waals surface area contributed by atoms with Crippen LogP contribution in [0, 0.1) is 5.92 Å². The van der Waals surface area contributed by atoms with Gasteiger partial charge in [-0.15, -0.1) is 0 Å². The quantitative estimate of drug-likeness (QED) is 0.764. The van der Waals surface area contributed by atoms with Gasteiger partial charge >= 0.3 is 0 Å². The van der Waals surface area contributed by atoms with Crippen molar-refractivity contribution in [3.05, 3.63) is 28.1 Å². The minimum absolute atomic E-state index is 0.727. The van der Waals surface area contributed by atoms with Crippen LogP contribution in [0.3, 0.4) is 0 Å². The minimum atomic E-state index is 0.727. The highest BCUT2D eigenvalue weighted by molar-refractivity contribution is 5.43. The lowest BCUT2D eigenvalue weighted by Crippen LogP contribution is -2.18. The number of hydrogen-bond acceptors (Lipinski definition) is 1. The van der Waals surface area contributed by atoms with Gasteiger partial charge in [-0.2, -0.15) is 0 Å². The Morgan fingerprint density at radius 1 is 0.833 bits per heavy atom. The maximum absolute atomic E-state index is 5.07. The van der Waals surface area contributed by atoms with Crippen LogP contribution in [0.5, 0.6) is 0 Å². The molecule has 0 amide bonds. The van der Waals surface area contributed by atoms with E-state index in [9.17, 15) is 0 Å². The Hall–Kier alpha value is -0.850. The minimum Gasteiger partial charge on any atom is -0.257 e. The van der Waals surface area contributed by atoms with Crippen LogP contribution in [0.4, 0.5) is 0 Å². The number of rotatable bonds is 2. The molecule has 1 aromatic heterocycles. The SMILES string of the molecule is CC(C)Cc1nc2c(c3c1CCCC3)CCCC2. The first-order valence-electron chi connectivity index (χ1n) is 7.78. The number of hydrogen-bond donors (Lipinski definition) is 0. The zero-order chi connectivity index (χ0) is 12.5. The molecule has 2 aliphatic carbocycles. The largest absolute Gasteiger partial charge is 0.257 e. The van der Waals surface area contributed by atoms with Gasteiger partial charge in [0.05, 0.1) is 0 Å². The number of fused-ring (bicyclic) bond motifs is 3. The van der Waals surface area contributed by atoms with Gasteiger partial charge in [-0.1, -0.05) is 13.8 Å². The van der Waals surface area contributed by atoms with Gasteiger partial charge in [0, 0.05) is 11.4 Å². The molecule has 0 saturated carbocycles. The highest BCUT2D eigenvalue weighted by Crippen LogP contribution is 2.33. The lowest BCUT2D eigenvalue weighted by atomic mass is 9.81. The molecule has 3 rings (SSSR count). The third-order valence-corrected chi connectivity index (χ3v) is 4.49. The van der Waals surface area contributed by atoms with Crippen LogP contribution >= 0.6 is 0 Å². The third-order valence-electron chi connectivity index (χ3n) is 4.49. The van der Waals surface area contributed by atoms with E-state index < -0.39 is 0 Å². The molecule has 1 heterocycles. The van der Waals surface area contributed by atoms with Crippen LogP contribution in [0.1, 0.15) is 67.6 Å². The maximum atomic E-state index is 5.07. The topological polar surface area (TPSA) is 12.9 Å². The summed E-state index contributed by atoms with van der Waals surface area (Å²) in [5, 5.41) is 0. The summed E-state index contributed by atoms with van der Waals surface area (Å²) < 4.78 is 0. The lowest BCUT2D eigenvalue weighted by Gasteiger charge is -2.27. The molecule has 0 radical (unpaired) electrons. The average molecular weight is 243 g/mol. The number of nitrogens with zero attached hydrogens (tertiary/aromatic N) is 1. The van der Waals surface area contributed by atoms with Crippen molar-refractivity contribution < 1.29 is 0 Å². The predicted molar refractivity (Wildman–Crippen MR) is 76.1 cm³/mol. The standard InChI is InChI=1S/C17H25N/c1-12(2)11-17-15-9-4-3-7-13(15)14-8-5-6-10-16(14)18-17/h12H,3-11H2,1-2H3. The highest BCUT2D eigenvalue weighted by atomic mass is 14.7. The fourth-order valence-electron chi connectivity index (χ4n) is 3.68. The molecule has 1 aromatic rings. The molecule has 1 nitrogen and oxygen atoms in total. The van der Waals surface area contributed by atoms with Crippen LogP contribution in [-0.4, -0.2) is 4.98 Å². The van der Waals surface area contributed by atoms with Gasteiger partial charge in [0.1, 0.15) is 0 Å². The van der Waals surface area contributed by atoms with E-state index in [4.69, 9.17) is 4.98 Å². The van der Waals surface area contributed by atoms with Crippen molar-refractivity contribution in [1.82, 2.24) is 4.98 Å². The molecule has 2 aliphatic rings. The molecule has 0 fully saturated rings. The Kier molecular flexibility index (Phi) is 3.41. The first kappa shape index (κ1) is 12.2. The van der Waals surface area contributed by atoms with Crippen LogP contribution in [0.15, 0.2) is 0 Å². The fraction of sp³-hybridized carbons (Fsp3) is 0.706. The Balaban J connectivity index is 2.09. The Bertz CT molecular complexity index is 445. The number of aromatic nitrogens is 1. The monoisotopic (exact) mass is 243 g/mol. The van der Waals surface area contributed by atoms with Crippen molar-refractivity contribution in [2.45, 2.75) is 71.6 Å². The van der Waals surface area contributed by atoms with Gasteiger partial charge in [-0.25, -0.2) is 0 Å². The van der Waals surface area contributed by atoms with Crippen molar-refractivity contribution in [2.24, 2.45) is 5.92 Å². The first-order chi connectivity index (χ1) is 8.75. The van der Waals surface area contributed by atoms with Crippen molar-refractivity contribution in [1.29, 1.82) is 0 Å². The van der Waals surface area contributed by atoms with Crippen LogP contribution in [0.2, 0.25) is 0 Å². The van der Waals surface area contributed by atoms with Gasteiger partial charge in [-0.3, -0.25) is 4.98 Å². The number of pyridine rings is 1. The molecule has 18 heavy (non-hydrogen) atoms. The zero-order valence-corrected chi connectivity index (χ0v) is 11.9. The summed E-state index contributed by atoms with van der Waals surface area (Å²) in [4.78, 5) is 5.07. The average Bonchev–Trinajstić information content (AvgIpc) is 2.38. The first-order valence-corrected chi connectivity index (χ1v) is 7.78. The molecular formula is C17H25N. The van der Waals surface area contributed by atoms with E-state index >= 15 is 0 Å². The molecule has 0 unspecified atom stereocenters. The summed E-state index contributed by atoms with van der Waals surface area (Å²) in [5.41, 5.74) is 7.93. The van der Waals surface area contributed by atoms with E-state index in [1.165, 1.54) is 69.2 Å². The van der Waals surface area contributed by atoms with Crippen LogP contribution in [-0.2, 0) is 32.1 Å². The van der Waals surface area contributed by atoms with Crippen molar-refractivity contribution in [3.8, 4) is 0 Å². The molecular weight excluding hydrogens is 218 g/mol. The maximum Gasteiger partial charge on any atom is 0.0444 e. The Labute approximate surface area is 111 Å². The normalized spacial score (nSPS) is 18.6. The van der Waals surface area contributed by atoms with E-state index in [1.807, 2.05) is 0 Å².